The summed E-state index contributed by atoms with van der Waals surface area (Å²) < 4.78 is 1.01. The van der Waals surface area contributed by atoms with Crippen molar-refractivity contribution in [2.24, 2.45) is 5.92 Å². The number of amides is 1. The van der Waals surface area contributed by atoms with E-state index in [1.54, 1.807) is 19.1 Å². The van der Waals surface area contributed by atoms with Gasteiger partial charge in [-0.15, -0.1) is 11.3 Å². The summed E-state index contributed by atoms with van der Waals surface area (Å²) in [5.74, 6) is -1.29. The Morgan fingerprint density at radius 1 is 1.23 bits per heavy atom. The van der Waals surface area contributed by atoms with Crippen molar-refractivity contribution >= 4 is 44.8 Å². The second-order valence-corrected chi connectivity index (χ2v) is 7.62. The molecule has 0 aliphatic carbocycles. The molecule has 0 aliphatic rings. The maximum absolute atomic E-state index is 11.9. The van der Waals surface area contributed by atoms with Crippen LogP contribution in [-0.4, -0.2) is 17.0 Å². The molecule has 2 aromatic rings. The number of hydrogen-bond acceptors (Lipinski definition) is 3. The number of carboxylic acid groups (broad SMARTS) is 1. The second kappa shape index (κ2) is 7.56. The van der Waals surface area contributed by atoms with Gasteiger partial charge in [0.05, 0.1) is 16.1 Å². The minimum Gasteiger partial charge on any atom is -0.481 e. The fourth-order valence-corrected chi connectivity index (χ4v) is 3.46. The van der Waals surface area contributed by atoms with Gasteiger partial charge in [0, 0.05) is 10.6 Å². The third-order valence-corrected chi connectivity index (χ3v) is 4.79. The van der Waals surface area contributed by atoms with Crippen LogP contribution in [0, 0.1) is 5.92 Å². The number of hydrogen-bond donors (Lipinski definition) is 2. The normalized spacial score (nSPS) is 11.9. The van der Waals surface area contributed by atoms with Crippen LogP contribution in [-0.2, 0) is 22.4 Å². The molecule has 0 bridgehead atoms. The van der Waals surface area contributed by atoms with Crippen LogP contribution in [0.25, 0.3) is 0 Å². The Bertz CT molecular complexity index is 666. The van der Waals surface area contributed by atoms with Gasteiger partial charge in [-0.3, -0.25) is 9.59 Å². The van der Waals surface area contributed by atoms with Crippen molar-refractivity contribution in [2.75, 3.05) is 5.32 Å². The first-order valence-corrected chi connectivity index (χ1v) is 8.41. The van der Waals surface area contributed by atoms with E-state index in [9.17, 15) is 9.59 Å². The average molecular weight is 382 g/mol. The molecule has 0 aliphatic heterocycles. The number of rotatable bonds is 6. The van der Waals surface area contributed by atoms with E-state index in [0.717, 1.165) is 14.2 Å². The minimum absolute atomic E-state index is 0.0685. The van der Waals surface area contributed by atoms with Gasteiger partial charge in [0.15, 0.2) is 0 Å². The number of carbonyl (C=O) groups excluding carboxylic acids is 1. The molecular formula is C16H16BrNO3S. The number of anilines is 1. The number of halogens is 1. The Kier molecular flexibility index (Phi) is 5.74. The van der Waals surface area contributed by atoms with E-state index in [1.807, 2.05) is 24.3 Å². The van der Waals surface area contributed by atoms with E-state index in [1.165, 1.54) is 11.3 Å². The average Bonchev–Trinajstić information content (AvgIpc) is 2.86. The molecule has 0 spiro atoms. The highest BCUT2D eigenvalue weighted by Gasteiger charge is 2.11. The SMILES string of the molecule is CC(Cc1ccc(NC(=O)Cc2ccc(Br)s2)cc1)C(=O)O. The first-order valence-electron chi connectivity index (χ1n) is 6.80. The third kappa shape index (κ3) is 4.96. The molecule has 2 N–H and O–H groups in total. The lowest BCUT2D eigenvalue weighted by Crippen LogP contribution is -2.14. The van der Waals surface area contributed by atoms with Crippen molar-refractivity contribution in [3.05, 3.63) is 50.6 Å². The van der Waals surface area contributed by atoms with Crippen molar-refractivity contribution in [3.63, 3.8) is 0 Å². The number of thiophene rings is 1. The van der Waals surface area contributed by atoms with E-state index in [-0.39, 0.29) is 5.91 Å². The second-order valence-electron chi connectivity index (χ2n) is 5.07. The van der Waals surface area contributed by atoms with Gasteiger partial charge in [-0.1, -0.05) is 19.1 Å². The Morgan fingerprint density at radius 3 is 2.45 bits per heavy atom. The summed E-state index contributed by atoms with van der Waals surface area (Å²) in [6, 6.07) is 11.1. The highest BCUT2D eigenvalue weighted by atomic mass is 79.9. The molecule has 0 fully saturated rings. The van der Waals surface area contributed by atoms with Gasteiger partial charge in [-0.2, -0.15) is 0 Å². The van der Waals surface area contributed by atoms with Crippen LogP contribution in [0.3, 0.4) is 0 Å². The zero-order chi connectivity index (χ0) is 16.1. The predicted octanol–water partition coefficient (Wildman–Crippen LogP) is 3.96. The van der Waals surface area contributed by atoms with Gasteiger partial charge in [0.2, 0.25) is 5.91 Å². The van der Waals surface area contributed by atoms with E-state index < -0.39 is 11.9 Å². The Balaban J connectivity index is 1.90. The van der Waals surface area contributed by atoms with Gasteiger partial charge in [0.1, 0.15) is 0 Å². The molecule has 0 saturated heterocycles. The van der Waals surface area contributed by atoms with Gasteiger partial charge >= 0.3 is 5.97 Å². The summed E-state index contributed by atoms with van der Waals surface area (Å²) in [6.07, 6.45) is 0.820. The van der Waals surface area contributed by atoms with Gasteiger partial charge in [-0.25, -0.2) is 0 Å². The fraction of sp³-hybridized carbons (Fsp3) is 0.250. The molecule has 1 unspecified atom stereocenters. The number of carbonyl (C=O) groups is 2. The molecular weight excluding hydrogens is 366 g/mol. The standard InChI is InChI=1S/C16H16BrNO3S/c1-10(16(20)21)8-11-2-4-12(5-3-11)18-15(19)9-13-6-7-14(17)22-13/h2-7,10H,8-9H2,1H3,(H,18,19)(H,20,21). The smallest absolute Gasteiger partial charge is 0.306 e. The van der Waals surface area contributed by atoms with Crippen molar-refractivity contribution < 1.29 is 14.7 Å². The monoisotopic (exact) mass is 381 g/mol. The van der Waals surface area contributed by atoms with Crippen LogP contribution in [0.1, 0.15) is 17.4 Å². The summed E-state index contributed by atoms with van der Waals surface area (Å²) in [7, 11) is 0. The Morgan fingerprint density at radius 2 is 1.91 bits per heavy atom. The largest absolute Gasteiger partial charge is 0.481 e. The summed E-state index contributed by atoms with van der Waals surface area (Å²) in [6.45, 7) is 1.68. The molecule has 1 amide bonds. The Labute approximate surface area is 141 Å². The maximum Gasteiger partial charge on any atom is 0.306 e. The molecule has 6 heteroatoms. The lowest BCUT2D eigenvalue weighted by Gasteiger charge is -2.08. The van der Waals surface area contributed by atoms with Crippen molar-refractivity contribution in [1.82, 2.24) is 0 Å². The van der Waals surface area contributed by atoms with Gasteiger partial charge in [0.25, 0.3) is 0 Å². The summed E-state index contributed by atoms with van der Waals surface area (Å²) in [5.41, 5.74) is 1.66. The van der Waals surface area contributed by atoms with Gasteiger partial charge in [-0.05, 0) is 52.2 Å². The molecule has 22 heavy (non-hydrogen) atoms. The summed E-state index contributed by atoms with van der Waals surface area (Å²) >= 11 is 4.91. The number of nitrogens with one attached hydrogen (secondary N) is 1. The molecule has 1 atom stereocenters. The minimum atomic E-state index is -0.806. The summed E-state index contributed by atoms with van der Waals surface area (Å²) in [5, 5.41) is 11.7. The number of benzene rings is 1. The van der Waals surface area contributed by atoms with Crippen LogP contribution in [0.5, 0.6) is 0 Å². The molecule has 0 saturated carbocycles. The molecule has 1 aromatic carbocycles. The lowest BCUT2D eigenvalue weighted by atomic mass is 10.0. The lowest BCUT2D eigenvalue weighted by molar-refractivity contribution is -0.141. The van der Waals surface area contributed by atoms with E-state index in [0.29, 0.717) is 18.5 Å². The first kappa shape index (κ1) is 16.7. The topological polar surface area (TPSA) is 66.4 Å². The number of carboxylic acids is 1. The van der Waals surface area contributed by atoms with E-state index in [4.69, 9.17) is 5.11 Å². The van der Waals surface area contributed by atoms with Crippen LogP contribution >= 0.6 is 27.3 Å². The van der Waals surface area contributed by atoms with E-state index in [2.05, 4.69) is 21.2 Å². The molecule has 0 radical (unpaired) electrons. The zero-order valence-electron chi connectivity index (χ0n) is 12.0. The molecule has 2 rings (SSSR count). The third-order valence-electron chi connectivity index (χ3n) is 3.16. The van der Waals surface area contributed by atoms with Crippen LogP contribution in [0.2, 0.25) is 0 Å². The van der Waals surface area contributed by atoms with Gasteiger partial charge < -0.3 is 10.4 Å². The van der Waals surface area contributed by atoms with Crippen LogP contribution in [0.15, 0.2) is 40.2 Å². The van der Waals surface area contributed by atoms with Crippen molar-refractivity contribution in [2.45, 2.75) is 19.8 Å². The highest BCUT2D eigenvalue weighted by molar-refractivity contribution is 9.11. The van der Waals surface area contributed by atoms with Crippen molar-refractivity contribution in [3.8, 4) is 0 Å². The Hall–Kier alpha value is -1.66. The molecule has 4 nitrogen and oxygen atoms in total. The van der Waals surface area contributed by atoms with E-state index >= 15 is 0 Å². The highest BCUT2D eigenvalue weighted by Crippen LogP contribution is 2.22. The molecule has 116 valence electrons. The number of aliphatic carboxylic acids is 1. The maximum atomic E-state index is 11.9. The van der Waals surface area contributed by atoms with Crippen LogP contribution < -0.4 is 5.32 Å². The van der Waals surface area contributed by atoms with Crippen LogP contribution in [0.4, 0.5) is 5.69 Å². The first-order chi connectivity index (χ1) is 10.4. The predicted molar refractivity (Wildman–Crippen MR) is 91.3 cm³/mol. The quantitative estimate of drug-likeness (QED) is 0.795. The zero-order valence-corrected chi connectivity index (χ0v) is 14.4. The fourth-order valence-electron chi connectivity index (χ4n) is 1.98. The summed E-state index contributed by atoms with van der Waals surface area (Å²) in [4.78, 5) is 23.8. The molecule has 1 aromatic heterocycles. The van der Waals surface area contributed by atoms with Crippen molar-refractivity contribution in [1.29, 1.82) is 0 Å². The molecule has 1 heterocycles.